The molecule has 1 aliphatic rings. The first-order valence-corrected chi connectivity index (χ1v) is 13.6. The fourth-order valence-corrected chi connectivity index (χ4v) is 5.52. The Morgan fingerprint density at radius 1 is 1.15 bits per heavy atom. The van der Waals surface area contributed by atoms with Gasteiger partial charge in [0.25, 0.3) is 0 Å². The number of alkyl halides is 3. The molecule has 210 valence electrons. The molecule has 1 aliphatic heterocycles. The quantitative estimate of drug-likeness (QED) is 0.324. The molecule has 0 bridgehead atoms. The summed E-state index contributed by atoms with van der Waals surface area (Å²) in [4.78, 5) is 30.3. The summed E-state index contributed by atoms with van der Waals surface area (Å²) >= 11 is 7.40. The molecule has 0 radical (unpaired) electrons. The molecule has 3 aromatic rings. The van der Waals surface area contributed by atoms with Crippen molar-refractivity contribution >= 4 is 45.7 Å². The third kappa shape index (κ3) is 7.15. The minimum Gasteiger partial charge on any atom is -0.357 e. The lowest BCUT2D eigenvalue weighted by molar-refractivity contribution is -0.138. The van der Waals surface area contributed by atoms with E-state index in [2.05, 4.69) is 49.6 Å². The van der Waals surface area contributed by atoms with Crippen LogP contribution < -0.4 is 16.0 Å². The van der Waals surface area contributed by atoms with Crippen LogP contribution in [0.2, 0.25) is 5.02 Å². The van der Waals surface area contributed by atoms with Crippen LogP contribution in [0, 0.1) is 6.92 Å². The van der Waals surface area contributed by atoms with Crippen LogP contribution in [0.4, 0.5) is 34.7 Å². The summed E-state index contributed by atoms with van der Waals surface area (Å²) < 4.78 is 41.8. The van der Waals surface area contributed by atoms with E-state index in [4.69, 9.17) is 11.6 Å². The molecule has 3 heterocycles. The van der Waals surface area contributed by atoms with Gasteiger partial charge in [0, 0.05) is 51.5 Å². The van der Waals surface area contributed by atoms with Gasteiger partial charge in [-0.15, -0.1) is 0 Å². The second-order valence-electron chi connectivity index (χ2n) is 9.43. The van der Waals surface area contributed by atoms with Crippen molar-refractivity contribution in [2.24, 2.45) is 0 Å². The minimum absolute atomic E-state index is 0.0270. The van der Waals surface area contributed by atoms with Gasteiger partial charge in [-0.1, -0.05) is 29.0 Å². The van der Waals surface area contributed by atoms with Gasteiger partial charge in [0.2, 0.25) is 5.95 Å². The van der Waals surface area contributed by atoms with E-state index in [0.717, 1.165) is 30.5 Å². The number of anilines is 3. The lowest BCUT2D eigenvalue weighted by Crippen LogP contribution is -2.48. The Balaban J connectivity index is 1.45. The molecular weight excluding hydrogens is 553 g/mol. The summed E-state index contributed by atoms with van der Waals surface area (Å²) in [6.07, 6.45) is -3.10. The third-order valence-electron chi connectivity index (χ3n) is 6.40. The fourth-order valence-electron chi connectivity index (χ4n) is 4.31. The zero-order chi connectivity index (χ0) is 28.3. The lowest BCUT2D eigenvalue weighted by Gasteiger charge is -2.37. The molecule has 39 heavy (non-hydrogen) atoms. The number of aryl methyl sites for hydroxylation is 1. The minimum atomic E-state index is -4.56. The number of carbonyl (C=O) groups is 1. The van der Waals surface area contributed by atoms with Crippen LogP contribution in [-0.2, 0) is 12.7 Å². The number of rotatable bonds is 7. The van der Waals surface area contributed by atoms with Crippen LogP contribution >= 0.6 is 22.9 Å². The molecule has 3 N–H and O–H groups in total. The standard InChI is InChI=1S/C25H30ClF3N8OS/c1-14(2)37-9-7-36(8-10-37)13-16-5-6-17(11-18(16)25(27,28)29)33-23(38)35-24-32-15(3)21(39-24)20-19(26)12-31-22(30-4)34-20/h5-6,11-12,14H,7-10,13H2,1-4H3,(H,30,31,34)(H2,32,33,35,38). The number of nitrogens with zero attached hydrogens (tertiary/aromatic N) is 5. The lowest BCUT2D eigenvalue weighted by atomic mass is 10.0. The summed E-state index contributed by atoms with van der Waals surface area (Å²) in [7, 11) is 1.68. The van der Waals surface area contributed by atoms with Crippen LogP contribution in [0.25, 0.3) is 10.6 Å². The summed E-state index contributed by atoms with van der Waals surface area (Å²) in [6.45, 7) is 9.18. The molecule has 2 aromatic heterocycles. The van der Waals surface area contributed by atoms with Gasteiger partial charge in [-0.2, -0.15) is 13.2 Å². The maximum atomic E-state index is 13.9. The van der Waals surface area contributed by atoms with Crippen molar-refractivity contribution < 1.29 is 18.0 Å². The molecule has 14 heteroatoms. The number of thiazole rings is 1. The Bertz CT molecular complexity index is 1330. The first kappa shape index (κ1) is 29.0. The Kier molecular flexibility index (Phi) is 8.94. The molecule has 9 nitrogen and oxygen atoms in total. The third-order valence-corrected chi connectivity index (χ3v) is 7.76. The second-order valence-corrected chi connectivity index (χ2v) is 10.8. The second kappa shape index (κ2) is 12.0. The first-order chi connectivity index (χ1) is 18.4. The van der Waals surface area contributed by atoms with Gasteiger partial charge in [0.1, 0.15) is 5.69 Å². The van der Waals surface area contributed by atoms with Crippen molar-refractivity contribution in [3.63, 3.8) is 0 Å². The van der Waals surface area contributed by atoms with Crippen LogP contribution in [0.15, 0.2) is 24.4 Å². The summed E-state index contributed by atoms with van der Waals surface area (Å²) in [5.41, 5.74) is 0.470. The van der Waals surface area contributed by atoms with Crippen LogP contribution in [-0.4, -0.2) is 70.1 Å². The largest absolute Gasteiger partial charge is 0.416 e. The number of nitrogens with one attached hydrogen (secondary N) is 3. The van der Waals surface area contributed by atoms with Crippen molar-refractivity contribution in [2.75, 3.05) is 49.2 Å². The van der Waals surface area contributed by atoms with Gasteiger partial charge in [-0.3, -0.25) is 15.1 Å². The molecule has 0 unspecified atom stereocenters. The highest BCUT2D eigenvalue weighted by molar-refractivity contribution is 7.19. The molecule has 2 amide bonds. The molecule has 1 aromatic carbocycles. The molecule has 1 fully saturated rings. The predicted octanol–water partition coefficient (Wildman–Crippen LogP) is 5.79. The zero-order valence-electron chi connectivity index (χ0n) is 22.0. The smallest absolute Gasteiger partial charge is 0.357 e. The number of amides is 2. The van der Waals surface area contributed by atoms with Crippen LogP contribution in [0.1, 0.15) is 30.7 Å². The van der Waals surface area contributed by atoms with Crippen molar-refractivity contribution in [2.45, 2.75) is 39.5 Å². The van der Waals surface area contributed by atoms with E-state index in [0.29, 0.717) is 46.4 Å². The maximum absolute atomic E-state index is 13.9. The van der Waals surface area contributed by atoms with E-state index in [1.165, 1.54) is 18.3 Å². The number of piperazine rings is 1. The summed E-state index contributed by atoms with van der Waals surface area (Å²) in [5.74, 6) is 0.371. The van der Waals surface area contributed by atoms with Crippen LogP contribution in [0.5, 0.6) is 0 Å². The van der Waals surface area contributed by atoms with Gasteiger partial charge < -0.3 is 10.6 Å². The Hall–Kier alpha value is -3.00. The van der Waals surface area contributed by atoms with E-state index < -0.39 is 17.8 Å². The average Bonchev–Trinajstić information content (AvgIpc) is 3.24. The predicted molar refractivity (Wildman–Crippen MR) is 149 cm³/mol. The van der Waals surface area contributed by atoms with Gasteiger partial charge >= 0.3 is 12.2 Å². The molecule has 0 aliphatic carbocycles. The SMILES string of the molecule is CNc1ncc(Cl)c(-c2sc(NC(=O)Nc3ccc(CN4CCN(C(C)C)CC4)c(C(F)(F)F)c3)nc2C)n1. The molecular formula is C25H30ClF3N8OS. The fraction of sp³-hybridized carbons (Fsp3) is 0.440. The number of aromatic nitrogens is 3. The maximum Gasteiger partial charge on any atom is 0.416 e. The number of hydrogen-bond donors (Lipinski definition) is 3. The number of carbonyl (C=O) groups excluding carboxylic acids is 1. The topological polar surface area (TPSA) is 98.3 Å². The zero-order valence-corrected chi connectivity index (χ0v) is 23.6. The number of urea groups is 1. The van der Waals surface area contributed by atoms with E-state index in [-0.39, 0.29) is 22.9 Å². The Morgan fingerprint density at radius 3 is 2.51 bits per heavy atom. The van der Waals surface area contributed by atoms with Gasteiger partial charge in [-0.05, 0) is 38.5 Å². The number of halogens is 4. The number of hydrogen-bond acceptors (Lipinski definition) is 8. The van der Waals surface area contributed by atoms with Crippen molar-refractivity contribution in [1.82, 2.24) is 24.8 Å². The Labute approximate surface area is 233 Å². The summed E-state index contributed by atoms with van der Waals surface area (Å²) in [5, 5.41) is 8.47. The van der Waals surface area contributed by atoms with E-state index in [1.54, 1.807) is 14.0 Å². The average molecular weight is 583 g/mol. The normalized spacial score (nSPS) is 15.0. The highest BCUT2D eigenvalue weighted by Gasteiger charge is 2.34. The first-order valence-electron chi connectivity index (χ1n) is 12.4. The molecule has 0 spiro atoms. The van der Waals surface area contributed by atoms with Gasteiger partial charge in [0.05, 0.1) is 27.4 Å². The Morgan fingerprint density at radius 2 is 1.87 bits per heavy atom. The van der Waals surface area contributed by atoms with Crippen molar-refractivity contribution in [3.8, 4) is 10.6 Å². The van der Waals surface area contributed by atoms with E-state index in [1.807, 2.05) is 4.90 Å². The van der Waals surface area contributed by atoms with E-state index in [9.17, 15) is 18.0 Å². The number of benzene rings is 1. The summed E-state index contributed by atoms with van der Waals surface area (Å²) in [6, 6.07) is 3.57. The highest BCUT2D eigenvalue weighted by atomic mass is 35.5. The molecule has 4 rings (SSSR count). The molecule has 1 saturated heterocycles. The van der Waals surface area contributed by atoms with Crippen molar-refractivity contribution in [1.29, 1.82) is 0 Å². The molecule has 0 saturated carbocycles. The van der Waals surface area contributed by atoms with Gasteiger partial charge in [-0.25, -0.2) is 19.7 Å². The monoisotopic (exact) mass is 582 g/mol. The highest BCUT2D eigenvalue weighted by Crippen LogP contribution is 2.37. The van der Waals surface area contributed by atoms with Crippen LogP contribution in [0.3, 0.4) is 0 Å². The van der Waals surface area contributed by atoms with E-state index >= 15 is 0 Å². The molecule has 0 atom stereocenters. The van der Waals surface area contributed by atoms with Crippen molar-refractivity contribution in [3.05, 3.63) is 46.2 Å². The van der Waals surface area contributed by atoms with Gasteiger partial charge in [0.15, 0.2) is 5.13 Å².